The van der Waals surface area contributed by atoms with Crippen LogP contribution in [0.2, 0.25) is 5.02 Å². The molecule has 0 fully saturated rings. The number of ether oxygens (including phenoxy) is 2. The van der Waals surface area contributed by atoms with E-state index in [1.165, 1.54) is 13.2 Å². The Hall–Kier alpha value is -1.46. The van der Waals surface area contributed by atoms with E-state index in [1.54, 1.807) is 12.1 Å². The summed E-state index contributed by atoms with van der Waals surface area (Å²) in [4.78, 5) is 10.6. The van der Waals surface area contributed by atoms with Crippen LogP contribution in [0, 0.1) is 0 Å². The molecule has 0 amide bonds. The van der Waals surface area contributed by atoms with Crippen LogP contribution < -0.4 is 9.47 Å². The molecule has 0 aliphatic carbocycles. The number of aliphatic carboxylic acids is 1. The lowest BCUT2D eigenvalue weighted by atomic mass is 10.1. The van der Waals surface area contributed by atoms with Crippen LogP contribution in [0.3, 0.4) is 0 Å². The third-order valence-corrected chi connectivity index (χ3v) is 2.49. The molecule has 1 aromatic rings. The molecule has 0 saturated heterocycles. The van der Waals surface area contributed by atoms with Crippen LogP contribution in [0.5, 0.6) is 11.5 Å². The van der Waals surface area contributed by atoms with Gasteiger partial charge in [0.25, 0.3) is 0 Å². The fourth-order valence-electron chi connectivity index (χ4n) is 1.33. The molecule has 102 valence electrons. The molecule has 0 bridgehead atoms. The number of rotatable bonds is 6. The van der Waals surface area contributed by atoms with Gasteiger partial charge in [-0.1, -0.05) is 34.1 Å². The number of carbonyl (C=O) groups is 1. The van der Waals surface area contributed by atoms with Gasteiger partial charge in [0, 0.05) is 27.2 Å². The normalized spacial score (nSPS) is 10.5. The largest absolute Gasteiger partial charge is 0.493 e. The molecule has 19 heavy (non-hydrogen) atoms. The van der Waals surface area contributed by atoms with E-state index in [9.17, 15) is 4.79 Å². The van der Waals surface area contributed by atoms with Gasteiger partial charge in [-0.3, -0.25) is 0 Å². The van der Waals surface area contributed by atoms with Crippen LogP contribution in [0.1, 0.15) is 5.56 Å². The summed E-state index contributed by atoms with van der Waals surface area (Å²) in [6.07, 6.45) is 2.39. The molecular weight excluding hydrogens is 335 g/mol. The van der Waals surface area contributed by atoms with Gasteiger partial charge in [-0.2, -0.15) is 0 Å². The molecule has 1 N–H and O–H groups in total. The lowest BCUT2D eigenvalue weighted by Crippen LogP contribution is -2.01. The van der Waals surface area contributed by atoms with Crippen LogP contribution in [0.25, 0.3) is 6.08 Å². The van der Waals surface area contributed by atoms with Gasteiger partial charge in [0.2, 0.25) is 0 Å². The van der Waals surface area contributed by atoms with E-state index in [2.05, 4.69) is 22.5 Å². The van der Waals surface area contributed by atoms with Crippen molar-refractivity contribution in [3.05, 3.63) is 39.9 Å². The molecule has 0 aliphatic rings. The molecule has 0 unspecified atom stereocenters. The van der Waals surface area contributed by atoms with Gasteiger partial charge in [-0.05, 0) is 12.1 Å². The van der Waals surface area contributed by atoms with Crippen molar-refractivity contribution in [2.45, 2.75) is 0 Å². The van der Waals surface area contributed by atoms with Crippen molar-refractivity contribution in [3.8, 4) is 11.5 Å². The molecule has 0 spiro atoms. The van der Waals surface area contributed by atoms with Crippen molar-refractivity contribution in [1.29, 1.82) is 0 Å². The lowest BCUT2D eigenvalue weighted by molar-refractivity contribution is -0.131. The third kappa shape index (κ3) is 4.96. The average molecular weight is 348 g/mol. The maximum absolute atomic E-state index is 10.6. The fourth-order valence-corrected chi connectivity index (χ4v) is 1.66. The number of carboxylic acids is 1. The summed E-state index contributed by atoms with van der Waals surface area (Å²) in [7, 11) is 1.48. The quantitative estimate of drug-likeness (QED) is 0.797. The first-order chi connectivity index (χ1) is 8.93. The predicted molar refractivity (Wildman–Crippen MR) is 78.2 cm³/mol. The predicted octanol–water partition coefficient (Wildman–Crippen LogP) is 3.73. The minimum atomic E-state index is -1.06. The van der Waals surface area contributed by atoms with Crippen LogP contribution in [-0.2, 0) is 4.79 Å². The maximum atomic E-state index is 10.6. The Kier molecular flexibility index (Phi) is 5.92. The van der Waals surface area contributed by atoms with E-state index in [4.69, 9.17) is 26.2 Å². The van der Waals surface area contributed by atoms with E-state index in [-0.39, 0.29) is 6.61 Å². The fraction of sp³-hybridized carbons (Fsp3) is 0.154. The highest BCUT2D eigenvalue weighted by molar-refractivity contribution is 9.11. The summed E-state index contributed by atoms with van der Waals surface area (Å²) in [5.74, 6) is -0.230. The Balaban J connectivity index is 3.20. The summed E-state index contributed by atoms with van der Waals surface area (Å²) in [6.45, 7) is 3.89. The van der Waals surface area contributed by atoms with Crippen molar-refractivity contribution >= 4 is 39.6 Å². The number of halogens is 2. The van der Waals surface area contributed by atoms with Gasteiger partial charge in [0.15, 0.2) is 11.5 Å². The zero-order chi connectivity index (χ0) is 14.4. The second-order valence-corrected chi connectivity index (χ2v) is 5.06. The van der Waals surface area contributed by atoms with Gasteiger partial charge in [0.1, 0.15) is 6.61 Å². The molecule has 0 aromatic heterocycles. The molecule has 0 aliphatic heterocycles. The molecule has 0 heterocycles. The van der Waals surface area contributed by atoms with E-state index in [0.29, 0.717) is 26.6 Å². The minimum Gasteiger partial charge on any atom is -0.493 e. The van der Waals surface area contributed by atoms with Crippen LogP contribution in [0.4, 0.5) is 0 Å². The molecule has 0 atom stereocenters. The number of benzene rings is 1. The van der Waals surface area contributed by atoms with E-state index >= 15 is 0 Å². The number of methoxy groups -OCH3 is 1. The summed E-state index contributed by atoms with van der Waals surface area (Å²) in [6, 6.07) is 3.18. The number of carboxylic acid groups (broad SMARTS) is 1. The Morgan fingerprint density at radius 1 is 1.58 bits per heavy atom. The van der Waals surface area contributed by atoms with Crippen molar-refractivity contribution in [1.82, 2.24) is 0 Å². The second kappa shape index (κ2) is 7.21. The van der Waals surface area contributed by atoms with Crippen LogP contribution >= 0.6 is 27.5 Å². The highest BCUT2D eigenvalue weighted by atomic mass is 79.9. The highest BCUT2D eigenvalue weighted by Crippen LogP contribution is 2.36. The summed E-state index contributed by atoms with van der Waals surface area (Å²) < 4.78 is 11.4. The molecule has 4 nitrogen and oxygen atoms in total. The van der Waals surface area contributed by atoms with Gasteiger partial charge >= 0.3 is 5.97 Å². The van der Waals surface area contributed by atoms with Gasteiger partial charge in [0.05, 0.1) is 7.11 Å². The van der Waals surface area contributed by atoms with Gasteiger partial charge < -0.3 is 14.6 Å². The third-order valence-electron chi connectivity index (χ3n) is 2.05. The Bertz CT molecular complexity index is 526. The lowest BCUT2D eigenvalue weighted by Gasteiger charge is -2.13. The second-order valence-electron chi connectivity index (χ2n) is 3.50. The Labute approximate surface area is 124 Å². The molecule has 1 rings (SSSR count). The number of hydrogen-bond acceptors (Lipinski definition) is 3. The summed E-state index contributed by atoms with van der Waals surface area (Å²) in [5.41, 5.74) is 0.514. The monoisotopic (exact) mass is 346 g/mol. The zero-order valence-corrected chi connectivity index (χ0v) is 12.5. The highest BCUT2D eigenvalue weighted by Gasteiger charge is 2.11. The first-order valence-electron chi connectivity index (χ1n) is 5.18. The molecular formula is C13H12BrClO4. The number of hydrogen-bond donors (Lipinski definition) is 1. The van der Waals surface area contributed by atoms with Crippen LogP contribution in [-0.4, -0.2) is 24.8 Å². The van der Waals surface area contributed by atoms with Gasteiger partial charge in [-0.25, -0.2) is 4.79 Å². The van der Waals surface area contributed by atoms with Crippen molar-refractivity contribution in [2.75, 3.05) is 13.7 Å². The van der Waals surface area contributed by atoms with E-state index < -0.39 is 5.97 Å². The standard InChI is InChI=1S/C13H12BrClO4/c1-8(14)7-19-13-9(3-4-12(16)17)5-10(15)6-11(13)18-2/h3-6H,1,7H2,2H3,(H,16,17)/b4-3+. The summed E-state index contributed by atoms with van der Waals surface area (Å²) in [5, 5.41) is 9.09. The molecule has 1 aromatic carbocycles. The van der Waals surface area contributed by atoms with Gasteiger partial charge in [-0.15, -0.1) is 0 Å². The topological polar surface area (TPSA) is 55.8 Å². The van der Waals surface area contributed by atoms with Crippen molar-refractivity contribution in [3.63, 3.8) is 0 Å². The first kappa shape index (κ1) is 15.6. The van der Waals surface area contributed by atoms with Crippen LogP contribution in [0.15, 0.2) is 29.3 Å². The summed E-state index contributed by atoms with van der Waals surface area (Å²) >= 11 is 9.12. The molecule has 6 heteroatoms. The molecule has 0 saturated carbocycles. The van der Waals surface area contributed by atoms with E-state index in [1.807, 2.05) is 0 Å². The smallest absolute Gasteiger partial charge is 0.328 e. The Morgan fingerprint density at radius 2 is 2.26 bits per heavy atom. The maximum Gasteiger partial charge on any atom is 0.328 e. The molecule has 0 radical (unpaired) electrons. The first-order valence-corrected chi connectivity index (χ1v) is 6.35. The SMILES string of the molecule is C=C(Br)COc1c(/C=C/C(=O)O)cc(Cl)cc1OC. The Morgan fingerprint density at radius 3 is 2.79 bits per heavy atom. The minimum absolute atomic E-state index is 0.228. The van der Waals surface area contributed by atoms with Crippen molar-refractivity contribution < 1.29 is 19.4 Å². The van der Waals surface area contributed by atoms with Crippen molar-refractivity contribution in [2.24, 2.45) is 0 Å². The average Bonchev–Trinajstić information content (AvgIpc) is 2.33. The van der Waals surface area contributed by atoms with E-state index in [0.717, 1.165) is 6.08 Å². The zero-order valence-electron chi connectivity index (χ0n) is 10.2.